The predicted octanol–water partition coefficient (Wildman–Crippen LogP) is 3.56. The van der Waals surface area contributed by atoms with Gasteiger partial charge in [-0.25, -0.2) is 0 Å². The van der Waals surface area contributed by atoms with Crippen LogP contribution >= 0.6 is 0 Å². The zero-order valence-electron chi connectivity index (χ0n) is 11.3. The summed E-state index contributed by atoms with van der Waals surface area (Å²) in [5.74, 6) is 0. The van der Waals surface area contributed by atoms with E-state index in [2.05, 4.69) is 20.8 Å². The molecule has 0 unspecified atom stereocenters. The van der Waals surface area contributed by atoms with Gasteiger partial charge in [-0.1, -0.05) is 32.9 Å². The largest absolute Gasteiger partial charge is 0.344 e. The van der Waals surface area contributed by atoms with Gasteiger partial charge in [0.2, 0.25) is 0 Å². The molecule has 0 atom stereocenters. The van der Waals surface area contributed by atoms with Crippen LogP contribution in [0.1, 0.15) is 45.6 Å². The molecule has 5 heteroatoms. The van der Waals surface area contributed by atoms with Crippen molar-refractivity contribution >= 4 is 10.1 Å². The standard InChI is InChI=1S/C13H20O3S.H3N/c1-4-13(5-2,6-3)11-7-9-12(10-8-11)17(14,15)16;/h7-10H,4-6H2,1-3H3,(H,14,15,16);1H3. The van der Waals surface area contributed by atoms with Crippen molar-refractivity contribution in [1.82, 2.24) is 6.15 Å². The Kier molecular flexibility index (Phi) is 5.99. The van der Waals surface area contributed by atoms with Gasteiger partial charge >= 0.3 is 0 Å². The molecule has 1 aromatic carbocycles. The van der Waals surface area contributed by atoms with Crippen LogP contribution in [0.5, 0.6) is 0 Å². The van der Waals surface area contributed by atoms with E-state index in [1.807, 2.05) is 0 Å². The van der Waals surface area contributed by atoms with E-state index in [1.165, 1.54) is 12.1 Å². The lowest BCUT2D eigenvalue weighted by Crippen LogP contribution is -2.23. The molecule has 0 bridgehead atoms. The predicted molar refractivity (Wildman–Crippen MR) is 73.8 cm³/mol. The Morgan fingerprint density at radius 3 is 1.67 bits per heavy atom. The van der Waals surface area contributed by atoms with E-state index in [0.29, 0.717) is 0 Å². The van der Waals surface area contributed by atoms with E-state index in [0.717, 1.165) is 24.8 Å². The van der Waals surface area contributed by atoms with Crippen LogP contribution in [0.25, 0.3) is 0 Å². The Balaban J connectivity index is 0.00000289. The zero-order valence-corrected chi connectivity index (χ0v) is 12.1. The second-order valence-electron chi connectivity index (χ2n) is 4.34. The average Bonchev–Trinajstić information content (AvgIpc) is 2.32. The average molecular weight is 273 g/mol. The monoisotopic (exact) mass is 273 g/mol. The number of benzene rings is 1. The van der Waals surface area contributed by atoms with Crippen LogP contribution in [0, 0.1) is 0 Å². The minimum atomic E-state index is -4.09. The molecule has 104 valence electrons. The first kappa shape index (κ1) is 17.1. The summed E-state index contributed by atoms with van der Waals surface area (Å²) in [6.45, 7) is 6.43. The molecular weight excluding hydrogens is 250 g/mol. The lowest BCUT2D eigenvalue weighted by Gasteiger charge is -2.31. The smallest absolute Gasteiger partial charge is 0.294 e. The van der Waals surface area contributed by atoms with Crippen molar-refractivity contribution < 1.29 is 13.0 Å². The van der Waals surface area contributed by atoms with Gasteiger partial charge in [-0.2, -0.15) is 8.42 Å². The maximum atomic E-state index is 11.0. The minimum absolute atomic E-state index is 0. The highest BCUT2D eigenvalue weighted by Gasteiger charge is 2.26. The Hall–Kier alpha value is -0.910. The first-order valence-corrected chi connectivity index (χ1v) is 7.41. The van der Waals surface area contributed by atoms with Gasteiger partial charge in [0.05, 0.1) is 4.90 Å². The quantitative estimate of drug-likeness (QED) is 0.803. The maximum Gasteiger partial charge on any atom is 0.294 e. The molecule has 18 heavy (non-hydrogen) atoms. The Labute approximate surface area is 110 Å². The SMILES string of the molecule is CCC(CC)(CC)c1ccc(S(=O)(=O)O)cc1.N. The molecule has 0 spiro atoms. The van der Waals surface area contributed by atoms with E-state index < -0.39 is 10.1 Å². The van der Waals surface area contributed by atoms with Gasteiger partial charge in [-0.05, 0) is 42.4 Å². The van der Waals surface area contributed by atoms with Gasteiger partial charge in [0.25, 0.3) is 10.1 Å². The summed E-state index contributed by atoms with van der Waals surface area (Å²) in [6.07, 6.45) is 3.06. The molecule has 0 aliphatic rings. The third kappa shape index (κ3) is 3.31. The molecule has 0 heterocycles. The van der Waals surface area contributed by atoms with E-state index in [-0.39, 0.29) is 16.5 Å². The van der Waals surface area contributed by atoms with Crippen molar-refractivity contribution in [1.29, 1.82) is 0 Å². The fourth-order valence-electron chi connectivity index (χ4n) is 2.34. The van der Waals surface area contributed by atoms with Crippen molar-refractivity contribution in [2.24, 2.45) is 0 Å². The van der Waals surface area contributed by atoms with Crippen molar-refractivity contribution in [2.45, 2.75) is 50.3 Å². The van der Waals surface area contributed by atoms with Crippen molar-refractivity contribution in [2.75, 3.05) is 0 Å². The van der Waals surface area contributed by atoms with Crippen LogP contribution in [0.3, 0.4) is 0 Å². The Morgan fingerprint density at radius 2 is 1.39 bits per heavy atom. The molecule has 4 N–H and O–H groups in total. The maximum absolute atomic E-state index is 11.0. The molecule has 1 aromatic rings. The third-order valence-corrected chi connectivity index (χ3v) is 4.66. The van der Waals surface area contributed by atoms with Crippen LogP contribution in [0.2, 0.25) is 0 Å². The number of hydrogen-bond donors (Lipinski definition) is 2. The van der Waals surface area contributed by atoms with E-state index in [4.69, 9.17) is 4.55 Å². The number of rotatable bonds is 5. The molecule has 1 rings (SSSR count). The first-order valence-electron chi connectivity index (χ1n) is 5.97. The second kappa shape index (κ2) is 6.31. The minimum Gasteiger partial charge on any atom is -0.344 e. The summed E-state index contributed by atoms with van der Waals surface area (Å²) in [5.41, 5.74) is 1.25. The zero-order chi connectivity index (χ0) is 13.1. The van der Waals surface area contributed by atoms with Crippen molar-refractivity contribution in [3.63, 3.8) is 0 Å². The van der Waals surface area contributed by atoms with E-state index >= 15 is 0 Å². The summed E-state index contributed by atoms with van der Waals surface area (Å²) in [4.78, 5) is -0.0431. The number of hydrogen-bond acceptors (Lipinski definition) is 3. The first-order chi connectivity index (χ1) is 7.89. The third-order valence-electron chi connectivity index (χ3n) is 3.79. The Morgan fingerprint density at radius 1 is 1.00 bits per heavy atom. The van der Waals surface area contributed by atoms with Crippen LogP contribution in [-0.2, 0) is 15.5 Å². The molecule has 0 aliphatic heterocycles. The summed E-state index contributed by atoms with van der Waals surface area (Å²) in [7, 11) is -4.09. The van der Waals surface area contributed by atoms with Crippen LogP contribution in [0.4, 0.5) is 0 Å². The molecule has 0 aliphatic carbocycles. The molecule has 0 saturated heterocycles. The van der Waals surface area contributed by atoms with Crippen LogP contribution in [-0.4, -0.2) is 13.0 Å². The lowest BCUT2D eigenvalue weighted by atomic mass is 9.74. The van der Waals surface area contributed by atoms with Crippen LogP contribution < -0.4 is 6.15 Å². The lowest BCUT2D eigenvalue weighted by molar-refractivity contribution is 0.381. The topological polar surface area (TPSA) is 89.4 Å². The summed E-state index contributed by atoms with van der Waals surface area (Å²) in [6, 6.07) is 6.56. The highest BCUT2D eigenvalue weighted by Crippen LogP contribution is 2.35. The molecule has 4 nitrogen and oxygen atoms in total. The van der Waals surface area contributed by atoms with Gasteiger partial charge in [-0.15, -0.1) is 0 Å². The molecule has 0 saturated carbocycles. The fraction of sp³-hybridized carbons (Fsp3) is 0.538. The van der Waals surface area contributed by atoms with Gasteiger partial charge < -0.3 is 6.15 Å². The van der Waals surface area contributed by atoms with Gasteiger partial charge in [-0.3, -0.25) is 4.55 Å². The van der Waals surface area contributed by atoms with E-state index in [9.17, 15) is 8.42 Å². The summed E-state index contributed by atoms with van der Waals surface area (Å²) < 4.78 is 30.8. The molecule has 0 aromatic heterocycles. The molecule has 0 amide bonds. The van der Waals surface area contributed by atoms with Gasteiger partial charge in [0.15, 0.2) is 0 Å². The van der Waals surface area contributed by atoms with Crippen molar-refractivity contribution in [3.8, 4) is 0 Å². The van der Waals surface area contributed by atoms with Gasteiger partial charge in [0.1, 0.15) is 0 Å². The Bertz CT molecular complexity index is 453. The highest BCUT2D eigenvalue weighted by atomic mass is 32.2. The van der Waals surface area contributed by atoms with Crippen molar-refractivity contribution in [3.05, 3.63) is 29.8 Å². The summed E-state index contributed by atoms with van der Waals surface area (Å²) >= 11 is 0. The highest BCUT2D eigenvalue weighted by molar-refractivity contribution is 7.85. The fourth-order valence-corrected chi connectivity index (χ4v) is 2.82. The molecule has 0 radical (unpaired) electrons. The van der Waals surface area contributed by atoms with Gasteiger partial charge in [0, 0.05) is 0 Å². The molecule has 0 fully saturated rings. The second-order valence-corrected chi connectivity index (χ2v) is 5.76. The molecular formula is C13H23NO3S. The normalized spacial score (nSPS) is 12.0. The van der Waals surface area contributed by atoms with Crippen LogP contribution in [0.15, 0.2) is 29.2 Å². The van der Waals surface area contributed by atoms with E-state index in [1.54, 1.807) is 12.1 Å². The summed E-state index contributed by atoms with van der Waals surface area (Å²) in [5, 5.41) is 0.